The lowest BCUT2D eigenvalue weighted by molar-refractivity contribution is -0.140. The molecule has 0 aliphatic carbocycles. The highest BCUT2D eigenvalue weighted by Gasteiger charge is 2.34. The van der Waals surface area contributed by atoms with E-state index < -0.39 is 34.1 Å². The third-order valence-electron chi connectivity index (χ3n) is 6.41. The molecule has 0 saturated heterocycles. The molecule has 1 N–H and O–H groups in total. The van der Waals surface area contributed by atoms with Crippen molar-refractivity contribution in [1.82, 2.24) is 10.2 Å². The van der Waals surface area contributed by atoms with Crippen LogP contribution < -0.4 is 9.62 Å². The Balaban J connectivity index is 2.11. The monoisotopic (exact) mass is 617 g/mol. The van der Waals surface area contributed by atoms with Crippen LogP contribution in [0.25, 0.3) is 0 Å². The second kappa shape index (κ2) is 13.3. The first-order valence-corrected chi connectivity index (χ1v) is 15.8. The standard InChI is InChI=1S/C31H37Cl2N3O4S/c1-21-12-15-27(22(2)16-21)36(41(6,39)40)20-29(37)35(19-24-13-14-25(32)26(33)17-24)28(30(38)34-31(3,4)5)18-23-10-8-7-9-11-23/h7-17,28H,18-20H2,1-6H3,(H,34,38)/t28-/m0/s1. The Labute approximate surface area is 253 Å². The summed E-state index contributed by atoms with van der Waals surface area (Å²) in [6.45, 7) is 8.82. The molecular formula is C31H37Cl2N3O4S. The Morgan fingerprint density at radius 3 is 2.12 bits per heavy atom. The third-order valence-corrected chi connectivity index (χ3v) is 8.27. The van der Waals surface area contributed by atoms with E-state index in [1.54, 1.807) is 37.3 Å². The summed E-state index contributed by atoms with van der Waals surface area (Å²) in [5.41, 5.74) is 3.01. The first-order chi connectivity index (χ1) is 19.0. The number of nitrogens with zero attached hydrogens (tertiary/aromatic N) is 2. The highest BCUT2D eigenvalue weighted by atomic mass is 35.5. The number of halogens is 2. The van der Waals surface area contributed by atoms with Crippen LogP contribution in [-0.2, 0) is 32.6 Å². The number of hydrogen-bond acceptors (Lipinski definition) is 4. The number of aryl methyl sites for hydroxylation is 2. The molecule has 220 valence electrons. The number of benzene rings is 3. The largest absolute Gasteiger partial charge is 0.350 e. The van der Waals surface area contributed by atoms with Gasteiger partial charge in [-0.15, -0.1) is 0 Å². The Morgan fingerprint density at radius 1 is 0.902 bits per heavy atom. The predicted molar refractivity (Wildman–Crippen MR) is 167 cm³/mol. The molecule has 0 aliphatic heterocycles. The summed E-state index contributed by atoms with van der Waals surface area (Å²) in [6.07, 6.45) is 1.29. The molecular weight excluding hydrogens is 581 g/mol. The minimum Gasteiger partial charge on any atom is -0.350 e. The zero-order valence-corrected chi connectivity index (χ0v) is 26.6. The van der Waals surface area contributed by atoms with Gasteiger partial charge in [0.15, 0.2) is 0 Å². The van der Waals surface area contributed by atoms with E-state index in [1.165, 1.54) is 4.90 Å². The van der Waals surface area contributed by atoms with Crippen LogP contribution in [0.1, 0.15) is 43.0 Å². The zero-order chi connectivity index (χ0) is 30.5. The lowest BCUT2D eigenvalue weighted by atomic mass is 10.0. The number of carbonyl (C=O) groups is 2. The molecule has 0 unspecified atom stereocenters. The van der Waals surface area contributed by atoms with Gasteiger partial charge in [-0.3, -0.25) is 13.9 Å². The molecule has 0 heterocycles. The van der Waals surface area contributed by atoms with E-state index in [2.05, 4.69) is 5.32 Å². The maximum atomic E-state index is 14.2. The molecule has 0 radical (unpaired) electrons. The molecule has 3 rings (SSSR count). The van der Waals surface area contributed by atoms with Gasteiger partial charge in [-0.05, 0) is 69.5 Å². The molecule has 10 heteroatoms. The Bertz CT molecular complexity index is 1510. The number of anilines is 1. The minimum absolute atomic E-state index is 0.00919. The Hall–Kier alpha value is -3.07. The molecule has 0 aromatic heterocycles. The molecule has 7 nitrogen and oxygen atoms in total. The predicted octanol–water partition coefficient (Wildman–Crippen LogP) is 5.93. The molecule has 0 spiro atoms. The normalized spacial score (nSPS) is 12.5. The summed E-state index contributed by atoms with van der Waals surface area (Å²) < 4.78 is 27.1. The van der Waals surface area contributed by atoms with Crippen LogP contribution in [0.15, 0.2) is 66.7 Å². The molecule has 2 amide bonds. The van der Waals surface area contributed by atoms with Gasteiger partial charge < -0.3 is 10.2 Å². The lowest BCUT2D eigenvalue weighted by Crippen LogP contribution is -2.56. The van der Waals surface area contributed by atoms with Gasteiger partial charge in [-0.1, -0.05) is 77.3 Å². The quantitative estimate of drug-likeness (QED) is 0.305. The van der Waals surface area contributed by atoms with Crippen molar-refractivity contribution in [2.75, 3.05) is 17.1 Å². The van der Waals surface area contributed by atoms with Crippen molar-refractivity contribution in [2.45, 2.75) is 59.2 Å². The van der Waals surface area contributed by atoms with Crippen LogP contribution in [0, 0.1) is 13.8 Å². The summed E-state index contributed by atoms with van der Waals surface area (Å²) >= 11 is 12.4. The van der Waals surface area contributed by atoms with Crippen molar-refractivity contribution in [1.29, 1.82) is 0 Å². The van der Waals surface area contributed by atoms with Gasteiger partial charge in [0.25, 0.3) is 0 Å². The molecule has 0 saturated carbocycles. The van der Waals surface area contributed by atoms with Gasteiger partial charge in [0.05, 0.1) is 22.0 Å². The van der Waals surface area contributed by atoms with E-state index in [4.69, 9.17) is 23.2 Å². The SMILES string of the molecule is Cc1ccc(N(CC(=O)N(Cc2ccc(Cl)c(Cl)c2)[C@@H](Cc2ccccc2)C(=O)NC(C)(C)C)S(C)(=O)=O)c(C)c1. The Kier molecular flexibility index (Phi) is 10.5. The van der Waals surface area contributed by atoms with Crippen molar-refractivity contribution in [2.24, 2.45) is 0 Å². The number of sulfonamides is 1. The zero-order valence-electron chi connectivity index (χ0n) is 24.2. The smallest absolute Gasteiger partial charge is 0.244 e. The van der Waals surface area contributed by atoms with Gasteiger partial charge in [-0.2, -0.15) is 0 Å². The van der Waals surface area contributed by atoms with Crippen molar-refractivity contribution < 1.29 is 18.0 Å². The summed E-state index contributed by atoms with van der Waals surface area (Å²) in [7, 11) is -3.85. The average molecular weight is 619 g/mol. The minimum atomic E-state index is -3.85. The van der Waals surface area contributed by atoms with Gasteiger partial charge in [0.2, 0.25) is 21.8 Å². The number of carbonyl (C=O) groups excluding carboxylic acids is 2. The van der Waals surface area contributed by atoms with Gasteiger partial charge in [-0.25, -0.2) is 8.42 Å². The molecule has 0 fully saturated rings. The highest BCUT2D eigenvalue weighted by Crippen LogP contribution is 2.27. The summed E-state index contributed by atoms with van der Waals surface area (Å²) in [5.74, 6) is -0.890. The fourth-order valence-electron chi connectivity index (χ4n) is 4.52. The number of amides is 2. The third kappa shape index (κ3) is 9.21. The summed E-state index contributed by atoms with van der Waals surface area (Å²) in [6, 6.07) is 18.8. The maximum absolute atomic E-state index is 14.2. The first kappa shape index (κ1) is 32.4. The molecule has 0 aliphatic rings. The second-order valence-corrected chi connectivity index (χ2v) is 14.0. The van der Waals surface area contributed by atoms with Crippen molar-refractivity contribution >= 4 is 50.7 Å². The number of nitrogens with one attached hydrogen (secondary N) is 1. The van der Waals surface area contributed by atoms with Crippen molar-refractivity contribution in [3.05, 3.63) is 99.0 Å². The summed E-state index contributed by atoms with van der Waals surface area (Å²) in [4.78, 5) is 29.4. The Morgan fingerprint density at radius 2 is 1.56 bits per heavy atom. The number of rotatable bonds is 10. The number of hydrogen-bond donors (Lipinski definition) is 1. The van der Waals surface area contributed by atoms with Gasteiger partial charge >= 0.3 is 0 Å². The molecule has 1 atom stereocenters. The van der Waals surface area contributed by atoms with Crippen molar-refractivity contribution in [3.8, 4) is 0 Å². The maximum Gasteiger partial charge on any atom is 0.244 e. The summed E-state index contributed by atoms with van der Waals surface area (Å²) in [5, 5.41) is 3.67. The molecule has 3 aromatic rings. The van der Waals surface area contributed by atoms with E-state index in [1.807, 2.05) is 64.1 Å². The van der Waals surface area contributed by atoms with Gasteiger partial charge in [0, 0.05) is 18.5 Å². The van der Waals surface area contributed by atoms with Crippen LogP contribution in [0.3, 0.4) is 0 Å². The van der Waals surface area contributed by atoms with Crippen LogP contribution >= 0.6 is 23.2 Å². The average Bonchev–Trinajstić information content (AvgIpc) is 2.86. The van der Waals surface area contributed by atoms with E-state index >= 15 is 0 Å². The van der Waals surface area contributed by atoms with Crippen molar-refractivity contribution in [3.63, 3.8) is 0 Å². The molecule has 0 bridgehead atoms. The van der Waals surface area contributed by atoms with E-state index in [0.717, 1.165) is 21.7 Å². The molecule has 41 heavy (non-hydrogen) atoms. The second-order valence-electron chi connectivity index (χ2n) is 11.3. The van der Waals surface area contributed by atoms with E-state index in [-0.39, 0.29) is 18.9 Å². The molecule has 3 aromatic carbocycles. The fraction of sp³-hybridized carbons (Fsp3) is 0.355. The van der Waals surface area contributed by atoms with Crippen LogP contribution in [0.5, 0.6) is 0 Å². The van der Waals surface area contributed by atoms with Crippen LogP contribution in [0.4, 0.5) is 5.69 Å². The topological polar surface area (TPSA) is 86.8 Å². The van der Waals surface area contributed by atoms with Crippen LogP contribution in [-0.4, -0.2) is 49.5 Å². The fourth-order valence-corrected chi connectivity index (χ4v) is 5.75. The highest BCUT2D eigenvalue weighted by molar-refractivity contribution is 7.92. The van der Waals surface area contributed by atoms with Crippen LogP contribution in [0.2, 0.25) is 10.0 Å². The van der Waals surface area contributed by atoms with E-state index in [0.29, 0.717) is 26.9 Å². The van der Waals surface area contributed by atoms with E-state index in [9.17, 15) is 18.0 Å². The van der Waals surface area contributed by atoms with Gasteiger partial charge in [0.1, 0.15) is 12.6 Å². The first-order valence-electron chi connectivity index (χ1n) is 13.2. The lowest BCUT2D eigenvalue weighted by Gasteiger charge is -2.35.